The van der Waals surface area contributed by atoms with Crippen molar-refractivity contribution in [3.63, 3.8) is 0 Å². The summed E-state index contributed by atoms with van der Waals surface area (Å²) >= 11 is 0. The lowest BCUT2D eigenvalue weighted by molar-refractivity contribution is -0.137. The highest BCUT2D eigenvalue weighted by Gasteiger charge is 2.34. The number of carbonyl (C=O) groups is 1. The van der Waals surface area contributed by atoms with Crippen LogP contribution in [0.1, 0.15) is 38.3 Å². The zero-order chi connectivity index (χ0) is 20.4. The third kappa shape index (κ3) is 3.99. The van der Waals surface area contributed by atoms with Crippen LogP contribution in [0.4, 0.5) is 13.2 Å². The first-order valence-corrected chi connectivity index (χ1v) is 8.92. The van der Waals surface area contributed by atoms with E-state index in [-0.39, 0.29) is 17.0 Å². The number of aromatic nitrogens is 1. The monoisotopic (exact) mass is 392 g/mol. The second-order valence-corrected chi connectivity index (χ2v) is 6.65. The average Bonchev–Trinajstić information content (AvgIpc) is 3.16. The molecule has 0 bridgehead atoms. The summed E-state index contributed by atoms with van der Waals surface area (Å²) in [5, 5.41) is 0. The van der Waals surface area contributed by atoms with Crippen molar-refractivity contribution in [3.05, 3.63) is 100 Å². The highest BCUT2D eigenvalue weighted by atomic mass is 19.4. The number of hydrogen-bond acceptors (Lipinski definition) is 2. The SMILES string of the molecule is O=C(c1ccc(C(F)(F)F)c(C#Cc2ccccn2)c1)N1Cc2ccccc2C1. The van der Waals surface area contributed by atoms with Gasteiger partial charge in [-0.15, -0.1) is 0 Å². The Bertz CT molecular complexity index is 1100. The molecule has 1 amide bonds. The molecule has 0 fully saturated rings. The Labute approximate surface area is 165 Å². The molecule has 2 aromatic carbocycles. The fourth-order valence-corrected chi connectivity index (χ4v) is 3.26. The third-order valence-corrected chi connectivity index (χ3v) is 4.69. The van der Waals surface area contributed by atoms with Gasteiger partial charge in [0.25, 0.3) is 5.91 Å². The summed E-state index contributed by atoms with van der Waals surface area (Å²) in [6.45, 7) is 0.871. The van der Waals surface area contributed by atoms with Crippen LogP contribution >= 0.6 is 0 Å². The molecule has 0 unspecified atom stereocenters. The molecular weight excluding hydrogens is 377 g/mol. The van der Waals surface area contributed by atoms with E-state index in [0.717, 1.165) is 17.2 Å². The minimum atomic E-state index is -4.57. The predicted molar refractivity (Wildman–Crippen MR) is 102 cm³/mol. The van der Waals surface area contributed by atoms with Gasteiger partial charge in [0.15, 0.2) is 0 Å². The summed E-state index contributed by atoms with van der Waals surface area (Å²) in [6, 6.07) is 16.0. The van der Waals surface area contributed by atoms with Crippen molar-refractivity contribution in [2.45, 2.75) is 19.3 Å². The van der Waals surface area contributed by atoms with E-state index in [1.54, 1.807) is 23.1 Å². The van der Waals surface area contributed by atoms with Crippen LogP contribution < -0.4 is 0 Å². The Hall–Kier alpha value is -3.59. The smallest absolute Gasteiger partial charge is 0.330 e. The van der Waals surface area contributed by atoms with Crippen LogP contribution in [0.15, 0.2) is 66.9 Å². The Kier molecular flexibility index (Phi) is 4.81. The number of pyridine rings is 1. The van der Waals surface area contributed by atoms with Crippen molar-refractivity contribution >= 4 is 5.91 Å². The first-order chi connectivity index (χ1) is 13.9. The molecule has 4 rings (SSSR count). The first kappa shape index (κ1) is 18.8. The first-order valence-electron chi connectivity index (χ1n) is 8.92. The zero-order valence-corrected chi connectivity index (χ0v) is 15.2. The van der Waals surface area contributed by atoms with Gasteiger partial charge in [0, 0.05) is 30.4 Å². The maximum Gasteiger partial charge on any atom is 0.417 e. The molecule has 0 N–H and O–H groups in total. The average molecular weight is 392 g/mol. The molecule has 0 atom stereocenters. The van der Waals surface area contributed by atoms with Gasteiger partial charge in [0.05, 0.1) is 5.56 Å². The van der Waals surface area contributed by atoms with Gasteiger partial charge in [-0.2, -0.15) is 13.2 Å². The molecule has 144 valence electrons. The number of nitrogens with zero attached hydrogens (tertiary/aromatic N) is 2. The van der Waals surface area contributed by atoms with Gasteiger partial charge in [-0.05, 0) is 47.4 Å². The lowest BCUT2D eigenvalue weighted by Gasteiger charge is -2.17. The zero-order valence-electron chi connectivity index (χ0n) is 15.2. The number of halogens is 3. The van der Waals surface area contributed by atoms with Gasteiger partial charge in [-0.25, -0.2) is 4.98 Å². The summed E-state index contributed by atoms with van der Waals surface area (Å²) in [4.78, 5) is 18.5. The van der Waals surface area contributed by atoms with E-state index in [0.29, 0.717) is 18.8 Å². The molecular formula is C23H15F3N2O. The molecule has 1 aliphatic heterocycles. The fourth-order valence-electron chi connectivity index (χ4n) is 3.26. The van der Waals surface area contributed by atoms with Crippen LogP contribution in [-0.2, 0) is 19.3 Å². The van der Waals surface area contributed by atoms with Gasteiger partial charge in [-0.3, -0.25) is 4.79 Å². The minimum Gasteiger partial charge on any atom is -0.330 e. The van der Waals surface area contributed by atoms with Crippen molar-refractivity contribution in [3.8, 4) is 11.8 Å². The number of rotatable bonds is 1. The Morgan fingerprint density at radius 1 is 0.931 bits per heavy atom. The van der Waals surface area contributed by atoms with Crippen molar-refractivity contribution < 1.29 is 18.0 Å². The van der Waals surface area contributed by atoms with Gasteiger partial charge < -0.3 is 4.90 Å². The van der Waals surface area contributed by atoms with E-state index in [2.05, 4.69) is 16.8 Å². The second kappa shape index (κ2) is 7.44. The predicted octanol–water partition coefficient (Wildman–Crippen LogP) is 4.66. The maximum atomic E-state index is 13.4. The van der Waals surface area contributed by atoms with Crippen LogP contribution in [-0.4, -0.2) is 15.8 Å². The number of alkyl halides is 3. The quantitative estimate of drug-likeness (QED) is 0.565. The van der Waals surface area contributed by atoms with E-state index in [9.17, 15) is 18.0 Å². The van der Waals surface area contributed by atoms with Crippen LogP contribution in [0.2, 0.25) is 0 Å². The second-order valence-electron chi connectivity index (χ2n) is 6.65. The summed E-state index contributed by atoms with van der Waals surface area (Å²) < 4.78 is 40.2. The minimum absolute atomic E-state index is 0.177. The molecule has 0 radical (unpaired) electrons. The summed E-state index contributed by atoms with van der Waals surface area (Å²) in [6.07, 6.45) is -3.06. The lowest BCUT2D eigenvalue weighted by atomic mass is 10.0. The molecule has 1 aliphatic rings. The van der Waals surface area contributed by atoms with Crippen molar-refractivity contribution in [2.75, 3.05) is 0 Å². The van der Waals surface area contributed by atoms with Crippen LogP contribution in [0, 0.1) is 11.8 Å². The molecule has 3 aromatic rings. The number of benzene rings is 2. The van der Waals surface area contributed by atoms with Gasteiger partial charge in [0.2, 0.25) is 0 Å². The van der Waals surface area contributed by atoms with E-state index in [1.807, 2.05) is 24.3 Å². The molecule has 0 saturated heterocycles. The Morgan fingerprint density at radius 2 is 1.62 bits per heavy atom. The molecule has 3 nitrogen and oxygen atoms in total. The van der Waals surface area contributed by atoms with Gasteiger partial charge in [0.1, 0.15) is 5.69 Å². The van der Waals surface area contributed by atoms with Crippen molar-refractivity contribution in [1.29, 1.82) is 0 Å². The van der Waals surface area contributed by atoms with Crippen molar-refractivity contribution in [2.24, 2.45) is 0 Å². The molecule has 29 heavy (non-hydrogen) atoms. The van der Waals surface area contributed by atoms with E-state index >= 15 is 0 Å². The van der Waals surface area contributed by atoms with E-state index < -0.39 is 11.7 Å². The normalized spacial score (nSPS) is 12.9. The number of carbonyl (C=O) groups excluding carboxylic acids is 1. The third-order valence-electron chi connectivity index (χ3n) is 4.69. The van der Waals surface area contributed by atoms with Crippen LogP contribution in [0.3, 0.4) is 0 Å². The standard InChI is InChI=1S/C23H15F3N2O/c24-23(25,26)21-11-9-17(13-16(21)8-10-20-7-3-4-12-27-20)22(29)28-14-18-5-1-2-6-19(18)15-28/h1-7,9,11-13H,14-15H2. The molecule has 0 spiro atoms. The largest absolute Gasteiger partial charge is 0.417 e. The topological polar surface area (TPSA) is 33.2 Å². The van der Waals surface area contributed by atoms with E-state index in [1.165, 1.54) is 18.3 Å². The number of fused-ring (bicyclic) bond motifs is 1. The molecule has 6 heteroatoms. The van der Waals surface area contributed by atoms with Gasteiger partial charge >= 0.3 is 6.18 Å². The van der Waals surface area contributed by atoms with Crippen LogP contribution in [0.5, 0.6) is 0 Å². The summed E-state index contributed by atoms with van der Waals surface area (Å²) in [7, 11) is 0. The van der Waals surface area contributed by atoms with E-state index in [4.69, 9.17) is 0 Å². The fraction of sp³-hybridized carbons (Fsp3) is 0.130. The summed E-state index contributed by atoms with van der Waals surface area (Å²) in [5.74, 6) is 4.85. The number of amides is 1. The Morgan fingerprint density at radius 3 is 2.24 bits per heavy atom. The lowest BCUT2D eigenvalue weighted by Crippen LogP contribution is -2.25. The molecule has 1 aromatic heterocycles. The van der Waals surface area contributed by atoms with Gasteiger partial charge in [-0.1, -0.05) is 36.3 Å². The highest BCUT2D eigenvalue weighted by Crippen LogP contribution is 2.33. The molecule has 2 heterocycles. The maximum absolute atomic E-state index is 13.4. The number of hydrogen-bond donors (Lipinski definition) is 0. The van der Waals surface area contributed by atoms with Crippen LogP contribution in [0.25, 0.3) is 0 Å². The Balaban J connectivity index is 1.67. The molecule has 0 saturated carbocycles. The summed E-state index contributed by atoms with van der Waals surface area (Å²) in [5.41, 5.74) is 1.50. The van der Waals surface area contributed by atoms with Crippen molar-refractivity contribution in [1.82, 2.24) is 9.88 Å². The highest BCUT2D eigenvalue weighted by molar-refractivity contribution is 5.95. The molecule has 0 aliphatic carbocycles.